The van der Waals surface area contributed by atoms with Crippen molar-refractivity contribution in [2.24, 2.45) is 0 Å². The molecule has 39 heavy (non-hydrogen) atoms. The van der Waals surface area contributed by atoms with Crippen LogP contribution < -0.4 is 0 Å². The Balaban J connectivity index is 1.60. The summed E-state index contributed by atoms with van der Waals surface area (Å²) in [5, 5.41) is 3.42. The Hall–Kier alpha value is -5.47. The molecule has 0 amide bonds. The van der Waals surface area contributed by atoms with Crippen molar-refractivity contribution in [1.82, 2.24) is 24.1 Å². The van der Waals surface area contributed by atoms with E-state index in [1.807, 2.05) is 60.7 Å². The molecule has 0 aliphatic carbocycles. The SMILES string of the molecule is C#C/C=C\c1c(C)c2ccccc2n1-c1nc(-c2ccccc2)nc(-n2c3ccccc3c3ccccc32)n1. The second kappa shape index (κ2) is 9.13. The molecule has 0 aliphatic heterocycles. The summed E-state index contributed by atoms with van der Waals surface area (Å²) in [6.07, 6.45) is 9.27. The molecule has 3 heterocycles. The van der Waals surface area contributed by atoms with Crippen molar-refractivity contribution >= 4 is 38.8 Å². The normalized spacial score (nSPS) is 11.6. The van der Waals surface area contributed by atoms with E-state index in [0.29, 0.717) is 17.7 Å². The fourth-order valence-electron chi connectivity index (χ4n) is 5.37. The smallest absolute Gasteiger partial charge is 0.240 e. The van der Waals surface area contributed by atoms with Crippen LogP contribution in [0.1, 0.15) is 11.3 Å². The molecule has 0 fully saturated rings. The zero-order valence-corrected chi connectivity index (χ0v) is 21.3. The quantitative estimate of drug-likeness (QED) is 0.234. The number of para-hydroxylation sites is 3. The number of terminal acetylenes is 1. The molecule has 0 saturated carbocycles. The third-order valence-corrected chi connectivity index (χ3v) is 7.14. The molecule has 0 radical (unpaired) electrons. The molecule has 5 heteroatoms. The van der Waals surface area contributed by atoms with E-state index in [1.165, 1.54) is 0 Å². The van der Waals surface area contributed by atoms with Crippen molar-refractivity contribution in [1.29, 1.82) is 0 Å². The molecular formula is C34H23N5. The van der Waals surface area contributed by atoms with E-state index < -0.39 is 0 Å². The number of aromatic nitrogens is 5. The lowest BCUT2D eigenvalue weighted by Crippen LogP contribution is -2.11. The summed E-state index contributed by atoms with van der Waals surface area (Å²) in [4.78, 5) is 15.2. The lowest BCUT2D eigenvalue weighted by atomic mass is 10.1. The number of fused-ring (bicyclic) bond motifs is 4. The first-order valence-corrected chi connectivity index (χ1v) is 12.8. The summed E-state index contributed by atoms with van der Waals surface area (Å²) in [6, 6.07) is 35.0. The number of rotatable bonds is 4. The minimum Gasteiger partial charge on any atom is -0.278 e. The molecule has 0 N–H and O–H groups in total. The Kier molecular flexibility index (Phi) is 5.31. The van der Waals surface area contributed by atoms with Crippen molar-refractivity contribution in [3.05, 3.63) is 120 Å². The Labute approximate surface area is 225 Å². The fourth-order valence-corrected chi connectivity index (χ4v) is 5.37. The summed E-state index contributed by atoms with van der Waals surface area (Å²) < 4.78 is 4.20. The van der Waals surface area contributed by atoms with Crippen LogP contribution in [-0.4, -0.2) is 24.1 Å². The van der Waals surface area contributed by atoms with Gasteiger partial charge in [0.05, 0.1) is 22.2 Å². The van der Waals surface area contributed by atoms with Crippen LogP contribution in [-0.2, 0) is 0 Å². The third kappa shape index (κ3) is 3.62. The van der Waals surface area contributed by atoms with E-state index >= 15 is 0 Å². The Bertz CT molecular complexity index is 2030. The number of aryl methyl sites for hydroxylation is 1. The molecule has 0 bridgehead atoms. The van der Waals surface area contributed by atoms with Gasteiger partial charge in [0.2, 0.25) is 11.9 Å². The first kappa shape index (κ1) is 22.7. The Morgan fingerprint density at radius 3 is 1.74 bits per heavy atom. The molecule has 7 aromatic rings. The second-order valence-electron chi connectivity index (χ2n) is 9.36. The first-order chi connectivity index (χ1) is 19.2. The molecule has 0 spiro atoms. The highest BCUT2D eigenvalue weighted by Crippen LogP contribution is 2.33. The maximum atomic E-state index is 5.61. The molecule has 0 aliphatic rings. The monoisotopic (exact) mass is 501 g/mol. The van der Waals surface area contributed by atoms with Gasteiger partial charge in [-0.15, -0.1) is 6.42 Å². The van der Waals surface area contributed by atoms with E-state index in [0.717, 1.165) is 49.5 Å². The fraction of sp³-hybridized carbons (Fsp3) is 0.0294. The molecule has 5 nitrogen and oxygen atoms in total. The zero-order chi connectivity index (χ0) is 26.3. The molecule has 184 valence electrons. The Morgan fingerprint density at radius 1 is 0.615 bits per heavy atom. The van der Waals surface area contributed by atoms with Gasteiger partial charge in [0, 0.05) is 21.7 Å². The lowest BCUT2D eigenvalue weighted by molar-refractivity contribution is 0.876. The van der Waals surface area contributed by atoms with Crippen molar-refractivity contribution in [3.63, 3.8) is 0 Å². The summed E-state index contributed by atoms with van der Waals surface area (Å²) in [5.41, 5.74) is 6.04. The van der Waals surface area contributed by atoms with E-state index in [-0.39, 0.29) is 0 Å². The van der Waals surface area contributed by atoms with Gasteiger partial charge >= 0.3 is 0 Å². The number of allylic oxidation sites excluding steroid dienone is 1. The van der Waals surface area contributed by atoms with Crippen molar-refractivity contribution in [2.75, 3.05) is 0 Å². The van der Waals surface area contributed by atoms with Gasteiger partial charge in [-0.05, 0) is 42.8 Å². The average Bonchev–Trinajstić information content (AvgIpc) is 3.48. The van der Waals surface area contributed by atoms with Crippen LogP contribution in [0.25, 0.3) is 62.1 Å². The number of nitrogens with zero attached hydrogens (tertiary/aromatic N) is 5. The molecule has 3 aromatic heterocycles. The largest absolute Gasteiger partial charge is 0.278 e. The number of hydrogen-bond acceptors (Lipinski definition) is 3. The third-order valence-electron chi connectivity index (χ3n) is 7.14. The average molecular weight is 502 g/mol. The highest BCUT2D eigenvalue weighted by atomic mass is 15.3. The molecule has 4 aromatic carbocycles. The van der Waals surface area contributed by atoms with Gasteiger partial charge in [-0.3, -0.25) is 9.13 Å². The molecule has 0 unspecified atom stereocenters. The topological polar surface area (TPSA) is 48.5 Å². The van der Waals surface area contributed by atoms with Crippen LogP contribution in [0.5, 0.6) is 0 Å². The summed E-state index contributed by atoms with van der Waals surface area (Å²) in [6.45, 7) is 2.10. The minimum absolute atomic E-state index is 0.529. The number of benzene rings is 4. The Morgan fingerprint density at radius 2 is 1.13 bits per heavy atom. The van der Waals surface area contributed by atoms with E-state index in [2.05, 4.69) is 70.5 Å². The standard InChI is InChI=1S/C34H23N5/c1-3-4-19-28-23(2)25-16-8-11-20-29(25)38(28)33-35-32(24-14-6-5-7-15-24)36-34(37-33)39-30-21-12-9-17-26(30)27-18-10-13-22-31(27)39/h1,4-22H,2H3/b19-4-. The van der Waals surface area contributed by atoms with Gasteiger partial charge in [0.1, 0.15) is 0 Å². The van der Waals surface area contributed by atoms with Gasteiger partial charge in [-0.2, -0.15) is 15.0 Å². The molecule has 0 atom stereocenters. The van der Waals surface area contributed by atoms with Crippen LogP contribution >= 0.6 is 0 Å². The lowest BCUT2D eigenvalue weighted by Gasteiger charge is -2.13. The minimum atomic E-state index is 0.529. The zero-order valence-electron chi connectivity index (χ0n) is 21.3. The van der Waals surface area contributed by atoms with Gasteiger partial charge in [0.15, 0.2) is 5.82 Å². The molecular weight excluding hydrogens is 478 g/mol. The van der Waals surface area contributed by atoms with Gasteiger partial charge in [0.25, 0.3) is 0 Å². The van der Waals surface area contributed by atoms with Crippen molar-refractivity contribution < 1.29 is 0 Å². The van der Waals surface area contributed by atoms with Crippen LogP contribution in [0.3, 0.4) is 0 Å². The van der Waals surface area contributed by atoms with Crippen LogP contribution in [0.15, 0.2) is 109 Å². The first-order valence-electron chi connectivity index (χ1n) is 12.8. The van der Waals surface area contributed by atoms with Gasteiger partial charge in [-0.25, -0.2) is 0 Å². The maximum absolute atomic E-state index is 5.61. The summed E-state index contributed by atoms with van der Waals surface area (Å²) >= 11 is 0. The predicted octanol–water partition coefficient (Wildman–Crippen LogP) is 7.53. The second-order valence-corrected chi connectivity index (χ2v) is 9.36. The number of hydrogen-bond donors (Lipinski definition) is 0. The maximum Gasteiger partial charge on any atom is 0.240 e. The van der Waals surface area contributed by atoms with Gasteiger partial charge in [-0.1, -0.05) is 90.8 Å². The van der Waals surface area contributed by atoms with Crippen LogP contribution in [0.2, 0.25) is 0 Å². The van der Waals surface area contributed by atoms with Crippen molar-refractivity contribution in [3.8, 4) is 35.6 Å². The highest BCUT2D eigenvalue weighted by molar-refractivity contribution is 6.09. The van der Waals surface area contributed by atoms with E-state index in [1.54, 1.807) is 6.08 Å². The summed E-state index contributed by atoms with van der Waals surface area (Å²) in [5.74, 6) is 4.31. The summed E-state index contributed by atoms with van der Waals surface area (Å²) in [7, 11) is 0. The highest BCUT2D eigenvalue weighted by Gasteiger charge is 2.20. The molecule has 0 saturated heterocycles. The van der Waals surface area contributed by atoms with E-state index in [9.17, 15) is 0 Å². The van der Waals surface area contributed by atoms with E-state index in [4.69, 9.17) is 21.4 Å². The van der Waals surface area contributed by atoms with Crippen molar-refractivity contribution in [2.45, 2.75) is 6.92 Å². The van der Waals surface area contributed by atoms with Gasteiger partial charge < -0.3 is 0 Å². The van der Waals surface area contributed by atoms with Crippen LogP contribution in [0, 0.1) is 19.3 Å². The molecule has 7 rings (SSSR count). The van der Waals surface area contributed by atoms with Crippen LogP contribution in [0.4, 0.5) is 0 Å². The predicted molar refractivity (Wildman–Crippen MR) is 159 cm³/mol.